The van der Waals surface area contributed by atoms with Crippen molar-refractivity contribution in [2.75, 3.05) is 14.2 Å². The third-order valence-corrected chi connectivity index (χ3v) is 4.74. The van der Waals surface area contributed by atoms with E-state index in [1.807, 2.05) is 19.9 Å². The van der Waals surface area contributed by atoms with Crippen LogP contribution in [0, 0.1) is 6.92 Å². The molecule has 0 amide bonds. The van der Waals surface area contributed by atoms with E-state index in [1.165, 1.54) is 37.1 Å². The first-order chi connectivity index (χ1) is 12.8. The van der Waals surface area contributed by atoms with Crippen molar-refractivity contribution in [1.82, 2.24) is 4.73 Å². The number of hydrogen-bond acceptors (Lipinski definition) is 5. The Morgan fingerprint density at radius 1 is 1.19 bits per heavy atom. The van der Waals surface area contributed by atoms with Crippen molar-refractivity contribution in [3.63, 3.8) is 0 Å². The summed E-state index contributed by atoms with van der Waals surface area (Å²) in [5, 5.41) is 21.2. The molecule has 0 spiro atoms. The molecule has 27 heavy (non-hydrogen) atoms. The number of phenolic OH excluding ortho intramolecular Hbond substituents is 2. The summed E-state index contributed by atoms with van der Waals surface area (Å²) in [4.78, 5) is 18.4. The minimum atomic E-state index is -0.240. The van der Waals surface area contributed by atoms with E-state index in [9.17, 15) is 15.0 Å². The van der Waals surface area contributed by atoms with Crippen LogP contribution in [0.4, 0.5) is 0 Å². The Bertz CT molecular complexity index is 1090. The zero-order chi connectivity index (χ0) is 19.9. The fourth-order valence-corrected chi connectivity index (χ4v) is 3.50. The lowest BCUT2D eigenvalue weighted by atomic mass is 9.92. The number of ether oxygens (including phenoxy) is 1. The molecule has 142 valence electrons. The van der Waals surface area contributed by atoms with E-state index in [0.717, 1.165) is 11.1 Å². The molecule has 0 bridgehead atoms. The van der Waals surface area contributed by atoms with Gasteiger partial charge in [0.15, 0.2) is 5.43 Å². The van der Waals surface area contributed by atoms with Crippen LogP contribution >= 0.6 is 0 Å². The van der Waals surface area contributed by atoms with Gasteiger partial charge < -0.3 is 19.8 Å². The summed E-state index contributed by atoms with van der Waals surface area (Å²) in [6.07, 6.45) is 2.56. The van der Waals surface area contributed by atoms with Gasteiger partial charge in [-0.3, -0.25) is 4.79 Å². The maximum absolute atomic E-state index is 12.9. The van der Waals surface area contributed by atoms with Gasteiger partial charge in [-0.1, -0.05) is 11.6 Å². The van der Waals surface area contributed by atoms with E-state index in [0.29, 0.717) is 39.9 Å². The third-order valence-electron chi connectivity index (χ3n) is 4.74. The molecule has 1 aliphatic heterocycles. The second-order valence-electron chi connectivity index (χ2n) is 6.69. The van der Waals surface area contributed by atoms with Crippen molar-refractivity contribution < 1.29 is 19.8 Å². The molecular weight excluding hydrogens is 346 g/mol. The van der Waals surface area contributed by atoms with Gasteiger partial charge in [0.25, 0.3) is 0 Å². The maximum atomic E-state index is 12.9. The van der Waals surface area contributed by atoms with E-state index >= 15 is 0 Å². The first kappa shape index (κ1) is 18.6. The SMILES string of the molecule is COc1cc(=O)c2c(C)c3c(O)ccc(O)c3n(OC)c-2c1CC=C(C)C. The number of phenols is 2. The minimum Gasteiger partial charge on any atom is -0.507 e. The highest BCUT2D eigenvalue weighted by atomic mass is 16.6. The molecule has 1 aromatic rings. The average Bonchev–Trinajstić information content (AvgIpc) is 2.63. The zero-order valence-electron chi connectivity index (χ0n) is 16.1. The van der Waals surface area contributed by atoms with Crippen LogP contribution in [0.2, 0.25) is 0 Å². The van der Waals surface area contributed by atoms with Crippen molar-refractivity contribution in [3.8, 4) is 28.5 Å². The number of allylic oxidation sites excluding steroid dienone is 2. The van der Waals surface area contributed by atoms with Gasteiger partial charge in [0, 0.05) is 11.6 Å². The highest BCUT2D eigenvalue weighted by Gasteiger charge is 2.27. The summed E-state index contributed by atoms with van der Waals surface area (Å²) in [5.74, 6) is 0.362. The molecule has 1 aliphatic carbocycles. The largest absolute Gasteiger partial charge is 0.507 e. The summed E-state index contributed by atoms with van der Waals surface area (Å²) in [7, 11) is 2.97. The standard InChI is InChI=1S/C21H23NO5/c1-11(2)6-7-13-17(26-4)10-16(25)19-12(3)18-14(23)8-9-15(24)21(18)22(27-5)20(13)19/h6,8-10,23-24H,7H2,1-5H3. The van der Waals surface area contributed by atoms with Crippen LogP contribution in [0.3, 0.4) is 0 Å². The number of fused-ring (bicyclic) bond motifs is 2. The number of aryl methyl sites for hydroxylation is 1. The number of hydrogen-bond donors (Lipinski definition) is 2. The molecule has 0 fully saturated rings. The Balaban J connectivity index is 2.64. The second-order valence-corrected chi connectivity index (χ2v) is 6.69. The van der Waals surface area contributed by atoms with E-state index in [2.05, 4.69) is 0 Å². The third kappa shape index (κ3) is 2.87. The molecule has 0 atom stereocenters. The van der Waals surface area contributed by atoms with E-state index in [-0.39, 0.29) is 16.9 Å². The van der Waals surface area contributed by atoms with Gasteiger partial charge >= 0.3 is 0 Å². The Labute approximate surface area is 157 Å². The predicted molar refractivity (Wildman–Crippen MR) is 105 cm³/mol. The van der Waals surface area contributed by atoms with E-state index in [1.54, 1.807) is 6.92 Å². The van der Waals surface area contributed by atoms with Crippen molar-refractivity contribution >= 4 is 10.9 Å². The summed E-state index contributed by atoms with van der Waals surface area (Å²) in [6, 6.07) is 4.25. The normalized spacial score (nSPS) is 11.0. The molecule has 2 N–H and O–H groups in total. The van der Waals surface area contributed by atoms with Crippen LogP contribution < -0.4 is 15.0 Å². The fourth-order valence-electron chi connectivity index (χ4n) is 3.50. The van der Waals surface area contributed by atoms with Crippen LogP contribution in [0.25, 0.3) is 22.2 Å². The fraction of sp³-hybridized carbons (Fsp3) is 0.286. The lowest BCUT2D eigenvalue weighted by Crippen LogP contribution is -2.21. The molecule has 3 rings (SSSR count). The van der Waals surface area contributed by atoms with Crippen molar-refractivity contribution in [2.45, 2.75) is 27.2 Å². The molecule has 2 aliphatic rings. The van der Waals surface area contributed by atoms with Crippen molar-refractivity contribution in [2.24, 2.45) is 0 Å². The Morgan fingerprint density at radius 3 is 2.44 bits per heavy atom. The van der Waals surface area contributed by atoms with Gasteiger partial charge in [-0.2, -0.15) is 4.73 Å². The lowest BCUT2D eigenvalue weighted by Gasteiger charge is -2.24. The lowest BCUT2D eigenvalue weighted by molar-refractivity contribution is 0.179. The molecular formula is C21H23NO5. The first-order valence-electron chi connectivity index (χ1n) is 8.59. The van der Waals surface area contributed by atoms with Gasteiger partial charge in [-0.15, -0.1) is 0 Å². The van der Waals surface area contributed by atoms with E-state index < -0.39 is 0 Å². The average molecular weight is 369 g/mol. The number of rotatable bonds is 4. The molecule has 0 saturated heterocycles. The molecule has 0 radical (unpaired) electrons. The van der Waals surface area contributed by atoms with Crippen molar-refractivity contribution in [1.29, 1.82) is 0 Å². The minimum absolute atomic E-state index is 0.0333. The summed E-state index contributed by atoms with van der Waals surface area (Å²) in [6.45, 7) is 5.74. The van der Waals surface area contributed by atoms with Gasteiger partial charge in [0.2, 0.25) is 0 Å². The summed E-state index contributed by atoms with van der Waals surface area (Å²) >= 11 is 0. The van der Waals surface area contributed by atoms with Crippen LogP contribution in [-0.2, 0) is 6.42 Å². The molecule has 0 aromatic heterocycles. The predicted octanol–water partition coefficient (Wildman–Crippen LogP) is 3.40. The quantitative estimate of drug-likeness (QED) is 0.418. The monoisotopic (exact) mass is 369 g/mol. The van der Waals surface area contributed by atoms with Crippen LogP contribution in [-0.4, -0.2) is 29.2 Å². The number of methoxy groups -OCH3 is 1. The van der Waals surface area contributed by atoms with Gasteiger partial charge in [-0.05, 0) is 44.9 Å². The smallest absolute Gasteiger partial charge is 0.192 e. The maximum Gasteiger partial charge on any atom is 0.192 e. The van der Waals surface area contributed by atoms with Gasteiger partial charge in [0.1, 0.15) is 29.9 Å². The molecule has 6 heteroatoms. The van der Waals surface area contributed by atoms with Crippen LogP contribution in [0.15, 0.2) is 34.6 Å². The molecule has 6 nitrogen and oxygen atoms in total. The molecule has 1 aromatic carbocycles. The molecule has 0 unspecified atom stereocenters. The molecule has 0 saturated carbocycles. The van der Waals surface area contributed by atoms with Gasteiger partial charge in [0.05, 0.1) is 23.8 Å². The Hall–Kier alpha value is -3.15. The Morgan fingerprint density at radius 2 is 1.85 bits per heavy atom. The second kappa shape index (κ2) is 6.87. The summed E-state index contributed by atoms with van der Waals surface area (Å²) in [5.41, 5.74) is 3.46. The van der Waals surface area contributed by atoms with Crippen LogP contribution in [0.5, 0.6) is 17.2 Å². The first-order valence-corrected chi connectivity index (χ1v) is 8.59. The molecule has 1 heterocycles. The Kier molecular flexibility index (Phi) is 4.74. The number of aromatic nitrogens is 1. The number of aromatic hydroxyl groups is 2. The number of pyridine rings is 1. The summed E-state index contributed by atoms with van der Waals surface area (Å²) < 4.78 is 6.86. The highest BCUT2D eigenvalue weighted by molar-refractivity contribution is 5.98. The highest BCUT2D eigenvalue weighted by Crippen LogP contribution is 2.42. The topological polar surface area (TPSA) is 80.9 Å². The van der Waals surface area contributed by atoms with E-state index in [4.69, 9.17) is 9.57 Å². The zero-order valence-corrected chi connectivity index (χ0v) is 16.1. The van der Waals surface area contributed by atoms with Crippen molar-refractivity contribution in [3.05, 3.63) is 51.2 Å². The van der Waals surface area contributed by atoms with Gasteiger partial charge in [-0.25, -0.2) is 0 Å². The number of nitrogens with zero attached hydrogens (tertiary/aromatic N) is 1. The van der Waals surface area contributed by atoms with Crippen LogP contribution in [0.1, 0.15) is 25.0 Å². The number of benzene rings is 2.